The van der Waals surface area contributed by atoms with Crippen LogP contribution in [0.3, 0.4) is 0 Å². The minimum atomic E-state index is 0.139. The molecule has 5 aliphatic rings. The van der Waals surface area contributed by atoms with Crippen LogP contribution in [-0.2, 0) is 0 Å². The summed E-state index contributed by atoms with van der Waals surface area (Å²) in [5.74, 6) is 0.770. The molecule has 0 fully saturated rings. The van der Waals surface area contributed by atoms with Crippen molar-refractivity contribution in [1.29, 1.82) is 0 Å². The van der Waals surface area contributed by atoms with Crippen LogP contribution in [0.5, 0.6) is 0 Å². The van der Waals surface area contributed by atoms with Crippen LogP contribution in [0.2, 0.25) is 0 Å². The molecular weight excluding hydrogens is 1290 g/mol. The fourth-order valence-electron chi connectivity index (χ4n) is 16.8. The largest absolute Gasteiger partial charge is 0.310 e. The van der Waals surface area contributed by atoms with Crippen molar-refractivity contribution in [2.75, 3.05) is 14.7 Å². The molecule has 4 aliphatic heterocycles. The Morgan fingerprint density at radius 3 is 1.32 bits per heavy atom. The molecule has 0 N–H and O–H groups in total. The molecule has 0 saturated carbocycles. The summed E-state index contributed by atoms with van der Waals surface area (Å²) in [6.07, 6.45) is 5.83. The highest BCUT2D eigenvalue weighted by atomic mass is 15.2. The van der Waals surface area contributed by atoms with Gasteiger partial charge in [0.05, 0.1) is 38.8 Å². The van der Waals surface area contributed by atoms with Crippen molar-refractivity contribution < 1.29 is 0 Å². The van der Waals surface area contributed by atoms with Crippen LogP contribution in [0, 0.1) is 0 Å². The van der Waals surface area contributed by atoms with Crippen LogP contribution in [0.4, 0.5) is 51.2 Å². The fourth-order valence-corrected chi connectivity index (χ4v) is 16.8. The van der Waals surface area contributed by atoms with E-state index >= 15 is 0 Å². The van der Waals surface area contributed by atoms with Gasteiger partial charge in [0.25, 0.3) is 0 Å². The lowest BCUT2D eigenvalue weighted by molar-refractivity contribution is 0.907. The second-order valence-corrected chi connectivity index (χ2v) is 27.7. The van der Waals surface area contributed by atoms with Gasteiger partial charge in [-0.15, -0.1) is 0 Å². The lowest BCUT2D eigenvalue weighted by atomic mass is 9.91. The Labute approximate surface area is 612 Å². The summed E-state index contributed by atoms with van der Waals surface area (Å²) in [6, 6.07) is 135. The lowest BCUT2D eigenvalue weighted by Gasteiger charge is -2.26. The van der Waals surface area contributed by atoms with Gasteiger partial charge in [0.2, 0.25) is 0 Å². The average Bonchev–Trinajstić information content (AvgIpc) is 1.57. The molecule has 4 aromatic heterocycles. The van der Waals surface area contributed by atoms with Gasteiger partial charge in [-0.2, -0.15) is 0 Å². The van der Waals surface area contributed by atoms with Gasteiger partial charge in [-0.05, 0) is 193 Å². The zero-order chi connectivity index (χ0) is 69.8. The highest BCUT2D eigenvalue weighted by Crippen LogP contribution is 2.45. The van der Waals surface area contributed by atoms with E-state index < -0.39 is 0 Å². The Bertz CT molecular complexity index is 6720. The molecular formula is C98H66N8. The first-order valence-electron chi connectivity index (χ1n) is 36.4. The summed E-state index contributed by atoms with van der Waals surface area (Å²) in [7, 11) is 0. The number of hydrogen-bond acceptors (Lipinski definition) is 5. The van der Waals surface area contributed by atoms with Crippen LogP contribution >= 0.6 is 0 Å². The lowest BCUT2D eigenvalue weighted by Crippen LogP contribution is -2.31. The molecule has 498 valence electrons. The maximum atomic E-state index is 5.83. The summed E-state index contributed by atoms with van der Waals surface area (Å²) in [5.41, 5.74) is 25.3. The molecule has 1 aliphatic carbocycles. The summed E-state index contributed by atoms with van der Waals surface area (Å²) < 4.78 is 7.34. The van der Waals surface area contributed by atoms with E-state index in [9.17, 15) is 0 Å². The van der Waals surface area contributed by atoms with Crippen molar-refractivity contribution in [3.05, 3.63) is 386 Å². The Morgan fingerprint density at radius 2 is 0.717 bits per heavy atom. The number of fused-ring (bicyclic) bond motifs is 6. The third-order valence-electron chi connectivity index (χ3n) is 21.6. The number of benzene rings is 15. The Balaban J connectivity index is 0.784. The topological polar surface area (TPSA) is 50.3 Å². The number of hydrogen-bond donors (Lipinski definition) is 0. The standard InChI is InChI=1S/C98H66N8/c1-6-26-71(27-7-1)101(72-28-8-2-9-29-72)80-49-52-86-84-40-17-19-42-92(84)105(95(86)62-80)79-38-22-25-70(59-79)98-99-90-55-45-68-61-89(90)97(100-98)69-24-21-37-78(58-69)104-91-41-18-16-39-83(91)85-53-50-82(63-94(85)104)103(75-34-14-5-15-35-75)76-47-43-65(44-48-76)67-46-56-93-88(60-67)87-54-51-81(64-96(87)106(93)77-36-20-23-66(68)57-77)102(73-30-10-3-11-31-73)74-32-12-4-13-33-74/h1-45,47-64,67H,46H2. The van der Waals surface area contributed by atoms with Crippen LogP contribution in [-0.4, -0.2) is 23.7 Å². The highest BCUT2D eigenvalue weighted by Gasteiger charge is 2.25. The molecule has 15 aromatic carbocycles. The van der Waals surface area contributed by atoms with E-state index in [2.05, 4.69) is 411 Å². The highest BCUT2D eigenvalue weighted by molar-refractivity contribution is 6.12. The minimum Gasteiger partial charge on any atom is -0.310 e. The van der Waals surface area contributed by atoms with E-state index in [4.69, 9.17) is 9.97 Å². The van der Waals surface area contributed by atoms with Crippen LogP contribution in [0.15, 0.2) is 370 Å². The van der Waals surface area contributed by atoms with E-state index in [0.29, 0.717) is 5.82 Å². The van der Waals surface area contributed by atoms with Crippen molar-refractivity contribution in [1.82, 2.24) is 23.7 Å². The minimum absolute atomic E-state index is 0.139. The average molecular weight is 1360 g/mol. The molecule has 1 atom stereocenters. The molecule has 0 spiro atoms. The van der Waals surface area contributed by atoms with Gasteiger partial charge in [-0.1, -0.05) is 212 Å². The van der Waals surface area contributed by atoms with Crippen molar-refractivity contribution in [2.45, 2.75) is 12.3 Å². The molecule has 24 rings (SSSR count). The molecule has 106 heavy (non-hydrogen) atoms. The molecule has 8 nitrogen and oxygen atoms in total. The van der Waals surface area contributed by atoms with Crippen molar-refractivity contribution in [2.24, 2.45) is 0 Å². The second-order valence-electron chi connectivity index (χ2n) is 27.7. The van der Waals surface area contributed by atoms with Gasteiger partial charge in [0.15, 0.2) is 5.82 Å². The van der Waals surface area contributed by atoms with Crippen molar-refractivity contribution >= 4 is 129 Å². The number of para-hydroxylation sites is 7. The van der Waals surface area contributed by atoms with E-state index in [1.165, 1.54) is 43.1 Å². The first-order chi connectivity index (χ1) is 52.5. The maximum absolute atomic E-state index is 5.83. The van der Waals surface area contributed by atoms with Crippen LogP contribution in [0.1, 0.15) is 17.9 Å². The molecule has 0 saturated heterocycles. The smallest absolute Gasteiger partial charge is 0.160 e. The Hall–Kier alpha value is -14.1. The van der Waals surface area contributed by atoms with Gasteiger partial charge < -0.3 is 28.4 Å². The third-order valence-corrected chi connectivity index (χ3v) is 21.6. The number of nitrogens with zero attached hydrogens (tertiary/aromatic N) is 8. The molecule has 8 heterocycles. The SMILES string of the molecule is C1=c2c3n(c4cc(N(c5ccccc5)c5ccccc5)ccc24)-c2cccc(c2)-c2ccc4nc(-c5cccc(-n6c7ccccc7c7ccc(N(c8ccccc8)c8ccccc8)cc76)c5)nc(c4c2)-c2cccc(c2)-n2c4ccccc4c4ccc(cc42)N(c2ccccc2)c2ccc(cc2)C1CC=3. The predicted octanol–water partition coefficient (Wildman–Crippen LogP) is 24.2. The van der Waals surface area contributed by atoms with Gasteiger partial charge in [-0.3, -0.25) is 0 Å². The zero-order valence-corrected chi connectivity index (χ0v) is 57.7. The first-order valence-corrected chi connectivity index (χ1v) is 36.4. The Kier molecular flexibility index (Phi) is 14.2. The quantitative estimate of drug-likeness (QED) is 0.144. The molecule has 19 aromatic rings. The van der Waals surface area contributed by atoms with E-state index in [1.807, 2.05) is 0 Å². The normalized spacial score (nSPS) is 13.1. The van der Waals surface area contributed by atoms with Gasteiger partial charge in [-0.25, -0.2) is 9.97 Å². The van der Waals surface area contributed by atoms with Gasteiger partial charge in [0.1, 0.15) is 0 Å². The van der Waals surface area contributed by atoms with Crippen LogP contribution in [0.25, 0.3) is 128 Å². The number of anilines is 9. The number of rotatable bonds is 9. The van der Waals surface area contributed by atoms with Gasteiger partial charge in [0, 0.05) is 128 Å². The van der Waals surface area contributed by atoms with E-state index in [-0.39, 0.29) is 5.92 Å². The summed E-state index contributed by atoms with van der Waals surface area (Å²) in [6.45, 7) is 0. The molecule has 1 unspecified atom stereocenters. The van der Waals surface area contributed by atoms with E-state index in [0.717, 1.165) is 141 Å². The Morgan fingerprint density at radius 1 is 0.274 bits per heavy atom. The van der Waals surface area contributed by atoms with Gasteiger partial charge >= 0.3 is 0 Å². The summed E-state index contributed by atoms with van der Waals surface area (Å²) in [4.78, 5) is 18.5. The third kappa shape index (κ3) is 10.1. The second kappa shape index (κ2) is 24.9. The molecule has 14 bridgehead atoms. The molecule has 0 radical (unpaired) electrons. The van der Waals surface area contributed by atoms with Crippen molar-refractivity contribution in [3.63, 3.8) is 0 Å². The molecule has 0 amide bonds. The van der Waals surface area contributed by atoms with E-state index in [1.54, 1.807) is 0 Å². The predicted molar refractivity (Wildman–Crippen MR) is 441 cm³/mol. The maximum Gasteiger partial charge on any atom is 0.160 e. The van der Waals surface area contributed by atoms with Crippen LogP contribution < -0.4 is 25.3 Å². The first kappa shape index (κ1) is 60.7. The summed E-state index contributed by atoms with van der Waals surface area (Å²) >= 11 is 0. The van der Waals surface area contributed by atoms with Crippen molar-refractivity contribution in [3.8, 4) is 50.8 Å². The number of aromatic nitrogens is 5. The monoisotopic (exact) mass is 1350 g/mol. The molecule has 8 heteroatoms. The zero-order valence-electron chi connectivity index (χ0n) is 57.7. The fraction of sp³-hybridized carbons (Fsp3) is 0.0204. The summed E-state index contributed by atoms with van der Waals surface area (Å²) in [5, 5.41) is 9.27.